The predicted octanol–water partition coefficient (Wildman–Crippen LogP) is 4.35. The molecule has 0 bridgehead atoms. The maximum atomic E-state index is 13.5. The number of amides is 1. The van der Waals surface area contributed by atoms with Gasteiger partial charge in [-0.3, -0.25) is 4.79 Å². The molecule has 0 saturated carbocycles. The molecular formula is C30H41N5O4S2. The van der Waals surface area contributed by atoms with Crippen molar-refractivity contribution in [2.45, 2.75) is 83.4 Å². The van der Waals surface area contributed by atoms with Crippen LogP contribution in [-0.2, 0) is 22.7 Å². The number of fused-ring (bicyclic) bond motifs is 2. The summed E-state index contributed by atoms with van der Waals surface area (Å²) in [7, 11) is -3.42. The second-order valence-corrected chi connectivity index (χ2v) is 15.7. The van der Waals surface area contributed by atoms with Crippen molar-refractivity contribution in [3.8, 4) is 0 Å². The standard InChI is InChI=1S/C30H41N5O4S2/c1-5-41(38,39)26-9-6-19(18-31-26)24(12-15-35-13-10-22(36)11-14-35)32-27(37)29-34-25-17-20-16-21(30(2,3)4)7-8-23(20)33-28(25)40-29/h6,9,17-18,21-22,24,36H,5,7-8,10-16H2,1-4H3,(H,32,37)/t21-,24+/m0/s1. The highest BCUT2D eigenvalue weighted by molar-refractivity contribution is 7.91. The SMILES string of the molecule is CCS(=O)(=O)c1ccc([C@@H](CCN2CCC(O)CC2)NC(=O)c2nc3cc4c(nc3s2)CC[C@H](C(C)(C)C)C4)cn1. The van der Waals surface area contributed by atoms with E-state index in [2.05, 4.69) is 47.0 Å². The van der Waals surface area contributed by atoms with Gasteiger partial charge in [-0.25, -0.2) is 23.4 Å². The molecule has 11 heteroatoms. The Morgan fingerprint density at radius 1 is 1.20 bits per heavy atom. The van der Waals surface area contributed by atoms with Crippen LogP contribution < -0.4 is 5.32 Å². The molecule has 222 valence electrons. The predicted molar refractivity (Wildman–Crippen MR) is 161 cm³/mol. The van der Waals surface area contributed by atoms with E-state index >= 15 is 0 Å². The molecule has 3 aromatic heterocycles. The molecule has 2 atom stereocenters. The van der Waals surface area contributed by atoms with Gasteiger partial charge in [0.2, 0.25) is 0 Å². The van der Waals surface area contributed by atoms with Gasteiger partial charge >= 0.3 is 0 Å². The van der Waals surface area contributed by atoms with Gasteiger partial charge in [-0.15, -0.1) is 0 Å². The summed E-state index contributed by atoms with van der Waals surface area (Å²) in [5, 5.41) is 13.4. The average molecular weight is 600 g/mol. The smallest absolute Gasteiger partial charge is 0.280 e. The fourth-order valence-electron chi connectivity index (χ4n) is 5.78. The van der Waals surface area contributed by atoms with E-state index in [0.717, 1.165) is 73.3 Å². The van der Waals surface area contributed by atoms with Crippen LogP contribution >= 0.6 is 11.3 Å². The maximum Gasteiger partial charge on any atom is 0.280 e. The minimum atomic E-state index is -3.42. The number of carbonyl (C=O) groups excluding carboxylic acids is 1. The second-order valence-electron chi connectivity index (χ2n) is 12.5. The van der Waals surface area contributed by atoms with Gasteiger partial charge in [-0.2, -0.15) is 0 Å². The normalized spacial score (nSPS) is 19.7. The van der Waals surface area contributed by atoms with Crippen LogP contribution in [0.1, 0.15) is 86.0 Å². The van der Waals surface area contributed by atoms with Crippen molar-refractivity contribution in [1.82, 2.24) is 25.2 Å². The van der Waals surface area contributed by atoms with Gasteiger partial charge in [0.15, 0.2) is 19.9 Å². The Bertz CT molecular complexity index is 1490. The van der Waals surface area contributed by atoms with Crippen LogP contribution in [0.3, 0.4) is 0 Å². The third-order valence-electron chi connectivity index (χ3n) is 8.62. The number of likely N-dealkylation sites (tertiary alicyclic amines) is 1. The molecule has 1 saturated heterocycles. The van der Waals surface area contributed by atoms with E-state index in [1.54, 1.807) is 19.2 Å². The van der Waals surface area contributed by atoms with E-state index in [-0.39, 0.29) is 34.2 Å². The summed E-state index contributed by atoms with van der Waals surface area (Å²) >= 11 is 1.31. The number of pyridine rings is 2. The van der Waals surface area contributed by atoms with Gasteiger partial charge in [0, 0.05) is 31.5 Å². The summed E-state index contributed by atoms with van der Waals surface area (Å²) in [6.07, 6.45) is 6.43. The number of nitrogens with one attached hydrogen (secondary N) is 1. The van der Waals surface area contributed by atoms with Crippen LogP contribution in [-0.4, -0.2) is 70.8 Å². The third kappa shape index (κ3) is 6.96. The monoisotopic (exact) mass is 599 g/mol. The fraction of sp³-hybridized carbons (Fsp3) is 0.600. The lowest BCUT2D eigenvalue weighted by molar-refractivity contribution is 0.0795. The Hall–Kier alpha value is -2.47. The van der Waals surface area contributed by atoms with Gasteiger partial charge in [-0.05, 0) is 73.1 Å². The fourth-order valence-corrected chi connectivity index (χ4v) is 7.40. The first kappa shape index (κ1) is 30.0. The molecule has 1 aliphatic heterocycles. The summed E-state index contributed by atoms with van der Waals surface area (Å²) in [6.45, 7) is 10.8. The summed E-state index contributed by atoms with van der Waals surface area (Å²) in [5.41, 5.74) is 4.09. The molecule has 0 aromatic carbocycles. The summed E-state index contributed by atoms with van der Waals surface area (Å²) in [5.74, 6) is 0.293. The molecule has 4 heterocycles. The molecule has 2 aliphatic rings. The zero-order valence-electron chi connectivity index (χ0n) is 24.4. The largest absolute Gasteiger partial charge is 0.393 e. The average Bonchev–Trinajstić information content (AvgIpc) is 3.37. The number of nitrogens with zero attached hydrogens (tertiary/aromatic N) is 4. The molecule has 2 N–H and O–H groups in total. The van der Waals surface area contributed by atoms with Crippen molar-refractivity contribution in [1.29, 1.82) is 0 Å². The molecule has 3 aromatic rings. The Morgan fingerprint density at radius 2 is 1.95 bits per heavy atom. The molecule has 0 spiro atoms. The van der Waals surface area contributed by atoms with Crippen LogP contribution in [0.4, 0.5) is 0 Å². The van der Waals surface area contributed by atoms with Crippen LogP contribution in [0.2, 0.25) is 0 Å². The third-order valence-corrected chi connectivity index (χ3v) is 11.2. The number of aliphatic hydroxyl groups is 1. The minimum Gasteiger partial charge on any atom is -0.393 e. The van der Waals surface area contributed by atoms with Crippen molar-refractivity contribution in [2.24, 2.45) is 11.3 Å². The number of hydrogen-bond acceptors (Lipinski definition) is 9. The van der Waals surface area contributed by atoms with Crippen LogP contribution in [0.5, 0.6) is 0 Å². The van der Waals surface area contributed by atoms with Crippen molar-refractivity contribution in [2.75, 3.05) is 25.4 Å². The molecule has 9 nitrogen and oxygen atoms in total. The molecule has 1 aliphatic carbocycles. The number of aryl methyl sites for hydroxylation is 1. The number of piperidine rings is 1. The van der Waals surface area contributed by atoms with E-state index in [0.29, 0.717) is 17.3 Å². The Balaban J connectivity index is 1.36. The number of aromatic nitrogens is 3. The lowest BCUT2D eigenvalue weighted by Crippen LogP contribution is -2.38. The highest BCUT2D eigenvalue weighted by atomic mass is 32.2. The van der Waals surface area contributed by atoms with Crippen LogP contribution in [0, 0.1) is 11.3 Å². The Labute approximate surface area is 246 Å². The Kier molecular flexibility index (Phi) is 8.80. The van der Waals surface area contributed by atoms with Crippen LogP contribution in [0.15, 0.2) is 29.4 Å². The van der Waals surface area contributed by atoms with Gasteiger partial charge in [0.05, 0.1) is 17.9 Å². The van der Waals surface area contributed by atoms with E-state index in [1.165, 1.54) is 23.0 Å². The van der Waals surface area contributed by atoms with E-state index in [4.69, 9.17) is 4.98 Å². The molecule has 0 radical (unpaired) electrons. The van der Waals surface area contributed by atoms with Gasteiger partial charge in [0.1, 0.15) is 10.3 Å². The summed E-state index contributed by atoms with van der Waals surface area (Å²) in [4.78, 5) is 30.4. The highest BCUT2D eigenvalue weighted by Crippen LogP contribution is 2.38. The number of sulfone groups is 1. The van der Waals surface area contributed by atoms with Gasteiger partial charge in [-0.1, -0.05) is 45.1 Å². The van der Waals surface area contributed by atoms with E-state index in [9.17, 15) is 18.3 Å². The van der Waals surface area contributed by atoms with Crippen LogP contribution in [0.25, 0.3) is 10.3 Å². The lowest BCUT2D eigenvalue weighted by atomic mass is 9.71. The number of thiazole rings is 1. The second kappa shape index (κ2) is 12.0. The van der Waals surface area contributed by atoms with E-state index in [1.807, 2.05) is 0 Å². The van der Waals surface area contributed by atoms with Crippen molar-refractivity contribution < 1.29 is 18.3 Å². The van der Waals surface area contributed by atoms with Gasteiger partial charge in [0.25, 0.3) is 5.91 Å². The first-order valence-corrected chi connectivity index (χ1v) is 17.1. The van der Waals surface area contributed by atoms with E-state index < -0.39 is 9.84 Å². The first-order valence-electron chi connectivity index (χ1n) is 14.6. The number of carbonyl (C=O) groups is 1. The number of rotatable bonds is 8. The molecule has 0 unspecified atom stereocenters. The zero-order chi connectivity index (χ0) is 29.4. The molecule has 1 fully saturated rings. The first-order chi connectivity index (χ1) is 19.4. The number of hydrogen-bond donors (Lipinski definition) is 2. The topological polar surface area (TPSA) is 125 Å². The van der Waals surface area contributed by atoms with Gasteiger partial charge < -0.3 is 15.3 Å². The molecule has 1 amide bonds. The Morgan fingerprint density at radius 3 is 2.61 bits per heavy atom. The maximum absolute atomic E-state index is 13.5. The highest BCUT2D eigenvalue weighted by Gasteiger charge is 2.30. The molecule has 41 heavy (non-hydrogen) atoms. The quantitative estimate of drug-likeness (QED) is 0.392. The van der Waals surface area contributed by atoms with Crippen molar-refractivity contribution >= 4 is 37.4 Å². The molecule has 5 rings (SSSR count). The summed E-state index contributed by atoms with van der Waals surface area (Å²) in [6, 6.07) is 4.99. The zero-order valence-corrected chi connectivity index (χ0v) is 26.0. The van der Waals surface area contributed by atoms with Crippen molar-refractivity contribution in [3.05, 3.63) is 46.2 Å². The number of aliphatic hydroxyl groups excluding tert-OH is 1. The molecular weight excluding hydrogens is 558 g/mol. The lowest BCUT2D eigenvalue weighted by Gasteiger charge is -2.34. The van der Waals surface area contributed by atoms with Crippen molar-refractivity contribution in [3.63, 3.8) is 0 Å². The minimum absolute atomic E-state index is 0.0216. The summed E-state index contributed by atoms with van der Waals surface area (Å²) < 4.78 is 24.6.